The molecular formula is C16H25N3O4. The molecule has 1 unspecified atom stereocenters. The lowest BCUT2D eigenvalue weighted by molar-refractivity contribution is -0.147. The maximum Gasteiger partial charge on any atom is 0.305 e. The van der Waals surface area contributed by atoms with Crippen molar-refractivity contribution in [1.29, 1.82) is 0 Å². The molecule has 0 saturated carbocycles. The second-order valence-electron chi connectivity index (χ2n) is 6.84. The molecule has 2 fully saturated rings. The second kappa shape index (κ2) is 6.86. The Labute approximate surface area is 136 Å². The van der Waals surface area contributed by atoms with Crippen LogP contribution in [0.3, 0.4) is 0 Å². The number of hydrogen-bond acceptors (Lipinski definition) is 5. The third-order valence-electron chi connectivity index (χ3n) is 5.20. The van der Waals surface area contributed by atoms with E-state index < -0.39 is 11.6 Å². The molecule has 0 aliphatic carbocycles. The van der Waals surface area contributed by atoms with Gasteiger partial charge in [0.25, 0.3) is 5.91 Å². The Balaban J connectivity index is 1.47. The van der Waals surface area contributed by atoms with Gasteiger partial charge in [0, 0.05) is 25.9 Å². The van der Waals surface area contributed by atoms with Crippen LogP contribution in [-0.4, -0.2) is 59.4 Å². The van der Waals surface area contributed by atoms with Gasteiger partial charge in [-0.2, -0.15) is 0 Å². The number of hydrogen-bond donors (Lipinski definition) is 2. The summed E-state index contributed by atoms with van der Waals surface area (Å²) in [5, 5.41) is 16.3. The van der Waals surface area contributed by atoms with Gasteiger partial charge < -0.3 is 20.2 Å². The zero-order valence-electron chi connectivity index (χ0n) is 13.4. The van der Waals surface area contributed by atoms with Crippen LogP contribution in [0.2, 0.25) is 0 Å². The summed E-state index contributed by atoms with van der Waals surface area (Å²) < 4.78 is 0. The van der Waals surface area contributed by atoms with E-state index in [9.17, 15) is 9.59 Å². The van der Waals surface area contributed by atoms with Crippen molar-refractivity contribution in [1.82, 2.24) is 10.2 Å². The molecule has 2 saturated heterocycles. The van der Waals surface area contributed by atoms with Crippen LogP contribution in [0.5, 0.6) is 0 Å². The van der Waals surface area contributed by atoms with Crippen LogP contribution < -0.4 is 5.32 Å². The normalized spacial score (nSPS) is 28.3. The number of carboxylic acid groups (broad SMARTS) is 1. The second-order valence-corrected chi connectivity index (χ2v) is 6.84. The van der Waals surface area contributed by atoms with Crippen LogP contribution in [-0.2, 0) is 14.4 Å². The molecule has 3 aliphatic rings. The highest BCUT2D eigenvalue weighted by molar-refractivity contribution is 5.97. The highest BCUT2D eigenvalue weighted by atomic mass is 16.7. The number of likely N-dealkylation sites (tertiary alicyclic amines) is 1. The van der Waals surface area contributed by atoms with E-state index in [2.05, 4.69) is 10.5 Å². The lowest BCUT2D eigenvalue weighted by atomic mass is 9.89. The van der Waals surface area contributed by atoms with Gasteiger partial charge in [-0.25, -0.2) is 0 Å². The number of carboxylic acids is 1. The number of oxime groups is 1. The Hall–Kier alpha value is -1.63. The number of carbonyl (C=O) groups is 2. The lowest BCUT2D eigenvalue weighted by Gasteiger charge is -2.22. The maximum atomic E-state index is 12.5. The van der Waals surface area contributed by atoms with E-state index in [0.717, 1.165) is 37.6 Å². The monoisotopic (exact) mass is 323 g/mol. The molecule has 3 heterocycles. The number of aliphatic carboxylic acids is 1. The van der Waals surface area contributed by atoms with E-state index in [1.54, 1.807) is 4.90 Å². The Morgan fingerprint density at radius 3 is 2.96 bits per heavy atom. The number of amides is 1. The van der Waals surface area contributed by atoms with Gasteiger partial charge in [0.2, 0.25) is 5.60 Å². The van der Waals surface area contributed by atoms with E-state index in [1.165, 1.54) is 12.8 Å². The van der Waals surface area contributed by atoms with Gasteiger partial charge in [-0.05, 0) is 44.7 Å². The Bertz CT molecular complexity index is 502. The smallest absolute Gasteiger partial charge is 0.305 e. The summed E-state index contributed by atoms with van der Waals surface area (Å²) in [7, 11) is 0. The fourth-order valence-electron chi connectivity index (χ4n) is 3.73. The first-order valence-electron chi connectivity index (χ1n) is 8.55. The molecule has 7 heteroatoms. The van der Waals surface area contributed by atoms with Crippen LogP contribution in [0.15, 0.2) is 5.16 Å². The fraction of sp³-hybridized carbons (Fsp3) is 0.812. The minimum absolute atomic E-state index is 0.0226. The molecule has 7 nitrogen and oxygen atoms in total. The SMILES string of the molecule is O=C(O)CCN1CCC2(CC(CCC3CCNCC3)=NO2)C1=O. The number of carbonyl (C=O) groups excluding carboxylic acids is 1. The topological polar surface area (TPSA) is 91.2 Å². The van der Waals surface area contributed by atoms with E-state index in [-0.39, 0.29) is 18.9 Å². The highest BCUT2D eigenvalue weighted by Gasteiger charge is 2.52. The average molecular weight is 323 g/mol. The molecule has 1 amide bonds. The molecule has 0 bridgehead atoms. The van der Waals surface area contributed by atoms with Crippen molar-refractivity contribution >= 4 is 17.6 Å². The zero-order chi connectivity index (χ0) is 16.3. The number of nitrogens with zero attached hydrogens (tertiary/aromatic N) is 2. The summed E-state index contributed by atoms with van der Waals surface area (Å²) >= 11 is 0. The number of rotatable bonds is 6. The van der Waals surface area contributed by atoms with Crippen molar-refractivity contribution in [3.8, 4) is 0 Å². The van der Waals surface area contributed by atoms with Crippen LogP contribution in [0.25, 0.3) is 0 Å². The van der Waals surface area contributed by atoms with Crippen molar-refractivity contribution in [2.45, 2.75) is 50.5 Å². The minimum atomic E-state index is -0.884. The van der Waals surface area contributed by atoms with E-state index >= 15 is 0 Å². The first-order chi connectivity index (χ1) is 11.1. The Kier molecular flexibility index (Phi) is 4.84. The van der Waals surface area contributed by atoms with Gasteiger partial charge in [-0.15, -0.1) is 0 Å². The quantitative estimate of drug-likeness (QED) is 0.760. The summed E-state index contributed by atoms with van der Waals surface area (Å²) in [5.74, 6) is -0.244. The van der Waals surface area contributed by atoms with Gasteiger partial charge in [0.05, 0.1) is 12.1 Å². The van der Waals surface area contributed by atoms with Crippen molar-refractivity contribution in [2.24, 2.45) is 11.1 Å². The van der Waals surface area contributed by atoms with Crippen LogP contribution in [0.4, 0.5) is 0 Å². The molecular weight excluding hydrogens is 298 g/mol. The van der Waals surface area contributed by atoms with E-state index in [0.29, 0.717) is 19.4 Å². The predicted octanol–water partition coefficient (Wildman–Crippen LogP) is 0.988. The standard InChI is InChI=1S/C16H25N3O4/c20-14(21)5-9-19-10-6-16(15(19)22)11-13(18-23-16)2-1-12-3-7-17-8-4-12/h12,17H,1-11H2,(H,20,21). The van der Waals surface area contributed by atoms with Gasteiger partial charge in [0.15, 0.2) is 0 Å². The Morgan fingerprint density at radius 2 is 2.22 bits per heavy atom. The summed E-state index contributed by atoms with van der Waals surface area (Å²) in [6.45, 7) is 3.00. The average Bonchev–Trinajstić information content (AvgIpc) is 3.10. The summed E-state index contributed by atoms with van der Waals surface area (Å²) in [4.78, 5) is 30.3. The molecule has 23 heavy (non-hydrogen) atoms. The van der Waals surface area contributed by atoms with Gasteiger partial charge in [-0.3, -0.25) is 9.59 Å². The molecule has 1 atom stereocenters. The highest BCUT2D eigenvalue weighted by Crippen LogP contribution is 2.36. The van der Waals surface area contributed by atoms with Gasteiger partial charge >= 0.3 is 5.97 Å². The van der Waals surface area contributed by atoms with Crippen molar-refractivity contribution < 1.29 is 19.5 Å². The maximum absolute atomic E-state index is 12.5. The van der Waals surface area contributed by atoms with Crippen molar-refractivity contribution in [3.63, 3.8) is 0 Å². The third kappa shape index (κ3) is 3.65. The molecule has 1 spiro atoms. The molecule has 0 aromatic heterocycles. The lowest BCUT2D eigenvalue weighted by Crippen LogP contribution is -2.41. The predicted molar refractivity (Wildman–Crippen MR) is 84.1 cm³/mol. The molecule has 2 N–H and O–H groups in total. The molecule has 0 aromatic carbocycles. The molecule has 0 aromatic rings. The molecule has 3 aliphatic heterocycles. The minimum Gasteiger partial charge on any atom is -0.481 e. The zero-order valence-corrected chi connectivity index (χ0v) is 13.4. The van der Waals surface area contributed by atoms with Crippen molar-refractivity contribution in [2.75, 3.05) is 26.2 Å². The number of nitrogens with one attached hydrogen (secondary N) is 1. The summed E-state index contributed by atoms with van der Waals surface area (Å²) in [6, 6.07) is 0. The molecule has 0 radical (unpaired) electrons. The first kappa shape index (κ1) is 16.2. The third-order valence-corrected chi connectivity index (χ3v) is 5.20. The summed E-state index contributed by atoms with van der Waals surface area (Å²) in [5.41, 5.74) is 0.138. The largest absolute Gasteiger partial charge is 0.481 e. The van der Waals surface area contributed by atoms with Gasteiger partial charge in [-0.1, -0.05) is 5.16 Å². The first-order valence-corrected chi connectivity index (χ1v) is 8.55. The Morgan fingerprint density at radius 1 is 1.43 bits per heavy atom. The molecule has 128 valence electrons. The molecule has 3 rings (SSSR count). The number of piperidine rings is 1. The van der Waals surface area contributed by atoms with Gasteiger partial charge in [0.1, 0.15) is 0 Å². The van der Waals surface area contributed by atoms with E-state index in [4.69, 9.17) is 9.94 Å². The fourth-order valence-corrected chi connectivity index (χ4v) is 3.73. The summed E-state index contributed by atoms with van der Waals surface area (Å²) in [6.07, 6.45) is 5.57. The van der Waals surface area contributed by atoms with Crippen LogP contribution >= 0.6 is 0 Å². The van der Waals surface area contributed by atoms with Crippen LogP contribution in [0.1, 0.15) is 44.9 Å². The van der Waals surface area contributed by atoms with Crippen molar-refractivity contribution in [3.05, 3.63) is 0 Å². The van der Waals surface area contributed by atoms with E-state index in [1.807, 2.05) is 0 Å². The van der Waals surface area contributed by atoms with Crippen LogP contribution in [0, 0.1) is 5.92 Å².